The van der Waals surface area contributed by atoms with E-state index in [0.717, 1.165) is 18.4 Å². The molecular weight excluding hydrogens is 386 g/mol. The monoisotopic (exact) mass is 413 g/mol. The molecule has 0 aliphatic carbocycles. The van der Waals surface area contributed by atoms with Crippen LogP contribution in [0.5, 0.6) is 0 Å². The Labute approximate surface area is 172 Å². The van der Waals surface area contributed by atoms with Crippen LogP contribution in [0.2, 0.25) is 0 Å². The molecule has 0 fully saturated rings. The van der Waals surface area contributed by atoms with Crippen LogP contribution < -0.4 is 4.72 Å². The number of nitrogens with one attached hydrogen (secondary N) is 2. The van der Waals surface area contributed by atoms with Gasteiger partial charge in [-0.15, -0.1) is 0 Å². The van der Waals surface area contributed by atoms with Crippen LogP contribution in [-0.4, -0.2) is 37.3 Å². The zero-order valence-electron chi connectivity index (χ0n) is 17.0. The first-order valence-corrected chi connectivity index (χ1v) is 11.4. The molecule has 0 atom stereocenters. The maximum Gasteiger partial charge on any atom is 0.272 e. The number of hydrogen-bond donors (Lipinski definition) is 2. The molecule has 2 aromatic carbocycles. The second-order valence-corrected chi connectivity index (χ2v) is 8.58. The zero-order chi connectivity index (χ0) is 21.0. The SMILES string of the molecule is CCCc1ccc(S(=O)(=O)Nc2c(C(=O)N(CC)CC)[nH]c3ccccc23)cc1. The summed E-state index contributed by atoms with van der Waals surface area (Å²) in [6.07, 6.45) is 1.90. The van der Waals surface area contributed by atoms with Crippen molar-refractivity contribution in [3.8, 4) is 0 Å². The minimum atomic E-state index is -3.84. The van der Waals surface area contributed by atoms with E-state index in [0.29, 0.717) is 24.0 Å². The molecule has 2 N–H and O–H groups in total. The highest BCUT2D eigenvalue weighted by Gasteiger charge is 2.25. The van der Waals surface area contributed by atoms with E-state index < -0.39 is 10.0 Å². The highest BCUT2D eigenvalue weighted by molar-refractivity contribution is 7.92. The Balaban J connectivity index is 2.04. The first-order chi connectivity index (χ1) is 13.9. The summed E-state index contributed by atoms with van der Waals surface area (Å²) in [6.45, 7) is 6.95. The third-order valence-corrected chi connectivity index (χ3v) is 6.34. The van der Waals surface area contributed by atoms with E-state index in [1.807, 2.05) is 44.2 Å². The quantitative estimate of drug-likeness (QED) is 0.574. The van der Waals surface area contributed by atoms with Crippen molar-refractivity contribution in [3.05, 3.63) is 59.8 Å². The largest absolute Gasteiger partial charge is 0.349 e. The van der Waals surface area contributed by atoms with E-state index in [1.165, 1.54) is 0 Å². The van der Waals surface area contributed by atoms with Gasteiger partial charge in [-0.25, -0.2) is 8.42 Å². The molecule has 3 rings (SSSR count). The van der Waals surface area contributed by atoms with Crippen molar-refractivity contribution in [2.75, 3.05) is 17.8 Å². The van der Waals surface area contributed by atoms with Crippen molar-refractivity contribution < 1.29 is 13.2 Å². The van der Waals surface area contributed by atoms with Crippen LogP contribution in [0.1, 0.15) is 43.2 Å². The number of amides is 1. The lowest BCUT2D eigenvalue weighted by Crippen LogP contribution is -2.31. The summed E-state index contributed by atoms with van der Waals surface area (Å²) in [6, 6.07) is 14.2. The van der Waals surface area contributed by atoms with Crippen LogP contribution in [0.4, 0.5) is 5.69 Å². The van der Waals surface area contributed by atoms with Crippen LogP contribution in [0.3, 0.4) is 0 Å². The van der Waals surface area contributed by atoms with Gasteiger partial charge in [-0.05, 0) is 44.0 Å². The second-order valence-electron chi connectivity index (χ2n) is 6.90. The number of carbonyl (C=O) groups is 1. The standard InChI is InChI=1S/C22H27N3O3S/c1-4-9-16-12-14-17(15-13-16)29(27,28)24-20-18-10-7-8-11-19(18)23-21(20)22(26)25(5-2)6-3/h7-8,10-15,23-24H,4-6,9H2,1-3H3. The fourth-order valence-electron chi connectivity index (χ4n) is 3.39. The maximum absolute atomic E-state index is 13.0. The summed E-state index contributed by atoms with van der Waals surface area (Å²) < 4.78 is 28.7. The second kappa shape index (κ2) is 8.69. The molecule has 0 saturated carbocycles. The van der Waals surface area contributed by atoms with Gasteiger partial charge in [0.25, 0.3) is 15.9 Å². The summed E-state index contributed by atoms with van der Waals surface area (Å²) in [5, 5.41) is 0.661. The number of anilines is 1. The van der Waals surface area contributed by atoms with Gasteiger partial charge < -0.3 is 9.88 Å². The lowest BCUT2D eigenvalue weighted by molar-refractivity contribution is 0.0769. The van der Waals surface area contributed by atoms with E-state index >= 15 is 0 Å². The summed E-state index contributed by atoms with van der Waals surface area (Å²) >= 11 is 0. The number of rotatable bonds is 8. The average molecular weight is 414 g/mol. The molecule has 0 spiro atoms. The van der Waals surface area contributed by atoms with Gasteiger partial charge in [-0.1, -0.05) is 43.7 Å². The molecule has 0 aliphatic rings. The number of H-pyrrole nitrogens is 1. The third kappa shape index (κ3) is 4.29. The molecule has 0 unspecified atom stereocenters. The predicted molar refractivity (Wildman–Crippen MR) is 117 cm³/mol. The molecule has 0 aliphatic heterocycles. The molecule has 6 nitrogen and oxygen atoms in total. The van der Waals surface area contributed by atoms with Gasteiger partial charge in [-0.3, -0.25) is 9.52 Å². The van der Waals surface area contributed by atoms with Crippen molar-refractivity contribution >= 4 is 32.5 Å². The lowest BCUT2D eigenvalue weighted by Gasteiger charge is -2.19. The highest BCUT2D eigenvalue weighted by Crippen LogP contribution is 2.31. The van der Waals surface area contributed by atoms with Gasteiger partial charge in [0.15, 0.2) is 0 Å². The van der Waals surface area contributed by atoms with Crippen molar-refractivity contribution in [2.45, 2.75) is 38.5 Å². The maximum atomic E-state index is 13.0. The van der Waals surface area contributed by atoms with Crippen molar-refractivity contribution in [1.82, 2.24) is 9.88 Å². The fourth-order valence-corrected chi connectivity index (χ4v) is 4.49. The molecule has 1 aromatic heterocycles. The van der Waals surface area contributed by atoms with Crippen LogP contribution >= 0.6 is 0 Å². The van der Waals surface area contributed by atoms with Gasteiger partial charge in [0.2, 0.25) is 0 Å². The minimum absolute atomic E-state index is 0.170. The van der Waals surface area contributed by atoms with Crippen LogP contribution in [0.15, 0.2) is 53.4 Å². The molecule has 1 heterocycles. The molecule has 1 amide bonds. The zero-order valence-corrected chi connectivity index (χ0v) is 17.8. The molecule has 7 heteroatoms. The Morgan fingerprint density at radius 3 is 2.28 bits per heavy atom. The number of fused-ring (bicyclic) bond motifs is 1. The summed E-state index contributed by atoms with van der Waals surface area (Å²) in [5.41, 5.74) is 2.34. The Morgan fingerprint density at radius 1 is 1.00 bits per heavy atom. The first kappa shape index (κ1) is 20.9. The molecule has 0 saturated heterocycles. The molecule has 3 aromatic rings. The Kier molecular flexibility index (Phi) is 6.27. The number of sulfonamides is 1. The van der Waals surface area contributed by atoms with Gasteiger partial charge in [-0.2, -0.15) is 0 Å². The number of nitrogens with zero attached hydrogens (tertiary/aromatic N) is 1. The Hall–Kier alpha value is -2.80. The van der Waals surface area contributed by atoms with Crippen molar-refractivity contribution in [2.24, 2.45) is 0 Å². The number of benzene rings is 2. The van der Waals surface area contributed by atoms with E-state index in [1.54, 1.807) is 23.1 Å². The number of para-hydroxylation sites is 1. The normalized spacial score (nSPS) is 11.6. The minimum Gasteiger partial charge on any atom is -0.349 e. The topological polar surface area (TPSA) is 82.3 Å². The summed E-state index contributed by atoms with van der Waals surface area (Å²) in [5.74, 6) is -0.234. The van der Waals surface area contributed by atoms with E-state index in [9.17, 15) is 13.2 Å². The fraction of sp³-hybridized carbons (Fsp3) is 0.318. The molecule has 0 bridgehead atoms. The predicted octanol–water partition coefficient (Wildman–Crippen LogP) is 4.40. The number of carbonyl (C=O) groups excluding carboxylic acids is 1. The molecular formula is C22H27N3O3S. The number of aromatic amines is 1. The van der Waals surface area contributed by atoms with Crippen LogP contribution in [0.25, 0.3) is 10.9 Å². The van der Waals surface area contributed by atoms with Crippen molar-refractivity contribution in [1.29, 1.82) is 0 Å². The number of hydrogen-bond acceptors (Lipinski definition) is 3. The van der Waals surface area contributed by atoms with E-state index in [2.05, 4.69) is 16.6 Å². The molecule has 0 radical (unpaired) electrons. The van der Waals surface area contributed by atoms with E-state index in [-0.39, 0.29) is 22.2 Å². The van der Waals surface area contributed by atoms with Gasteiger partial charge in [0.1, 0.15) is 5.69 Å². The van der Waals surface area contributed by atoms with Crippen molar-refractivity contribution in [3.63, 3.8) is 0 Å². The summed E-state index contributed by atoms with van der Waals surface area (Å²) in [4.78, 5) is 17.9. The number of aryl methyl sites for hydroxylation is 1. The highest BCUT2D eigenvalue weighted by atomic mass is 32.2. The Morgan fingerprint density at radius 2 is 1.66 bits per heavy atom. The lowest BCUT2D eigenvalue weighted by atomic mass is 10.1. The molecule has 154 valence electrons. The number of aromatic nitrogens is 1. The van der Waals surface area contributed by atoms with Gasteiger partial charge in [0, 0.05) is 24.0 Å². The van der Waals surface area contributed by atoms with Gasteiger partial charge >= 0.3 is 0 Å². The smallest absolute Gasteiger partial charge is 0.272 e. The van der Waals surface area contributed by atoms with Crippen LogP contribution in [-0.2, 0) is 16.4 Å². The third-order valence-electron chi connectivity index (χ3n) is 4.98. The van der Waals surface area contributed by atoms with Crippen LogP contribution in [0, 0.1) is 0 Å². The van der Waals surface area contributed by atoms with Gasteiger partial charge in [0.05, 0.1) is 10.6 Å². The molecule has 29 heavy (non-hydrogen) atoms. The Bertz CT molecular complexity index is 1100. The first-order valence-electron chi connectivity index (χ1n) is 9.93. The van der Waals surface area contributed by atoms with E-state index in [4.69, 9.17) is 0 Å². The average Bonchev–Trinajstić information content (AvgIpc) is 3.07. The summed E-state index contributed by atoms with van der Waals surface area (Å²) in [7, 11) is -3.84.